The van der Waals surface area contributed by atoms with Crippen LogP contribution in [0.15, 0.2) is 22.7 Å². The van der Waals surface area contributed by atoms with Crippen LogP contribution >= 0.6 is 15.9 Å². The molecule has 4 nitrogen and oxygen atoms in total. The van der Waals surface area contributed by atoms with E-state index in [2.05, 4.69) is 26.6 Å². The maximum absolute atomic E-state index is 11.1. The van der Waals surface area contributed by atoms with Crippen molar-refractivity contribution in [1.82, 2.24) is 5.32 Å². The van der Waals surface area contributed by atoms with Crippen molar-refractivity contribution in [2.45, 2.75) is 18.9 Å². The number of nitrogens with one attached hydrogen (secondary N) is 2. The van der Waals surface area contributed by atoms with Crippen molar-refractivity contribution in [2.75, 3.05) is 18.4 Å². The minimum atomic E-state index is -0.414. The van der Waals surface area contributed by atoms with Crippen molar-refractivity contribution in [3.63, 3.8) is 0 Å². The second kappa shape index (κ2) is 5.51. The van der Waals surface area contributed by atoms with E-state index in [4.69, 9.17) is 5.73 Å². The highest BCUT2D eigenvalue weighted by Gasteiger charge is 2.13. The lowest BCUT2D eigenvalue weighted by Gasteiger charge is -2.25. The molecule has 1 atom stereocenters. The number of halogens is 1. The predicted octanol–water partition coefficient (Wildman–Crippen LogP) is 1.71. The normalized spacial score (nSPS) is 19.9. The summed E-state index contributed by atoms with van der Waals surface area (Å²) in [5, 5.41) is 6.79. The number of carbonyl (C=O) groups excluding carboxylic acids is 1. The first-order chi connectivity index (χ1) is 8.16. The molecule has 0 aliphatic carbocycles. The standard InChI is InChI=1S/C12H16BrN3O/c13-11-6-8(3-4-10(11)12(14)17)16-9-2-1-5-15-7-9/h3-4,6,9,15-16H,1-2,5,7H2,(H2,14,17). The Morgan fingerprint density at radius 3 is 2.94 bits per heavy atom. The molecule has 5 heteroatoms. The number of hydrogen-bond acceptors (Lipinski definition) is 3. The second-order valence-electron chi connectivity index (χ2n) is 4.25. The molecule has 17 heavy (non-hydrogen) atoms. The van der Waals surface area contributed by atoms with Gasteiger partial charge < -0.3 is 16.4 Å². The number of hydrogen-bond donors (Lipinski definition) is 3. The second-order valence-corrected chi connectivity index (χ2v) is 5.10. The molecular weight excluding hydrogens is 282 g/mol. The highest BCUT2D eigenvalue weighted by molar-refractivity contribution is 9.10. The SMILES string of the molecule is NC(=O)c1ccc(NC2CCCNC2)cc1Br. The third kappa shape index (κ3) is 3.20. The quantitative estimate of drug-likeness (QED) is 0.796. The summed E-state index contributed by atoms with van der Waals surface area (Å²) in [6, 6.07) is 5.98. The fourth-order valence-corrected chi connectivity index (χ4v) is 2.59. The van der Waals surface area contributed by atoms with Crippen LogP contribution in [0.25, 0.3) is 0 Å². The van der Waals surface area contributed by atoms with Crippen molar-refractivity contribution >= 4 is 27.5 Å². The first-order valence-corrected chi connectivity index (χ1v) is 6.53. The minimum Gasteiger partial charge on any atom is -0.381 e. The van der Waals surface area contributed by atoms with Gasteiger partial charge in [0.05, 0.1) is 5.56 Å². The summed E-state index contributed by atoms with van der Waals surface area (Å²) in [5.41, 5.74) is 6.77. The molecule has 1 fully saturated rings. The number of rotatable bonds is 3. The van der Waals surface area contributed by atoms with Gasteiger partial charge in [-0.2, -0.15) is 0 Å². The molecule has 0 spiro atoms. The summed E-state index contributed by atoms with van der Waals surface area (Å²) in [7, 11) is 0. The third-order valence-corrected chi connectivity index (χ3v) is 3.56. The first-order valence-electron chi connectivity index (χ1n) is 5.73. The van der Waals surface area contributed by atoms with E-state index >= 15 is 0 Å². The number of primary amides is 1. The molecule has 2 rings (SSSR count). The summed E-state index contributed by atoms with van der Waals surface area (Å²) in [6.45, 7) is 2.08. The van der Waals surface area contributed by atoms with E-state index < -0.39 is 5.91 Å². The van der Waals surface area contributed by atoms with Crippen LogP contribution in [0.1, 0.15) is 23.2 Å². The summed E-state index contributed by atoms with van der Waals surface area (Å²) < 4.78 is 0.735. The molecule has 1 unspecified atom stereocenters. The Balaban J connectivity index is 2.06. The maximum atomic E-state index is 11.1. The Labute approximate surface area is 109 Å². The monoisotopic (exact) mass is 297 g/mol. The fourth-order valence-electron chi connectivity index (χ4n) is 2.02. The van der Waals surface area contributed by atoms with Crippen molar-refractivity contribution in [2.24, 2.45) is 5.73 Å². The molecular formula is C12H16BrN3O. The number of nitrogens with two attached hydrogens (primary N) is 1. The van der Waals surface area contributed by atoms with Gasteiger partial charge in [0.15, 0.2) is 0 Å². The topological polar surface area (TPSA) is 67.2 Å². The maximum Gasteiger partial charge on any atom is 0.249 e. The first kappa shape index (κ1) is 12.4. The van der Waals surface area contributed by atoms with Crippen LogP contribution in [0.5, 0.6) is 0 Å². The van der Waals surface area contributed by atoms with Gasteiger partial charge in [-0.05, 0) is 53.5 Å². The molecule has 92 valence electrons. The Kier molecular flexibility index (Phi) is 4.02. The third-order valence-electron chi connectivity index (χ3n) is 2.90. The highest BCUT2D eigenvalue weighted by atomic mass is 79.9. The average Bonchev–Trinajstić information content (AvgIpc) is 2.30. The summed E-state index contributed by atoms with van der Waals surface area (Å²) in [6.07, 6.45) is 2.36. The van der Waals surface area contributed by atoms with E-state index in [9.17, 15) is 4.79 Å². The van der Waals surface area contributed by atoms with Gasteiger partial charge in [0, 0.05) is 22.7 Å². The number of anilines is 1. The smallest absolute Gasteiger partial charge is 0.249 e. The summed E-state index contributed by atoms with van der Waals surface area (Å²) in [4.78, 5) is 11.1. The molecule has 0 saturated carbocycles. The lowest BCUT2D eigenvalue weighted by molar-refractivity contribution is 0.0999. The Morgan fingerprint density at radius 1 is 1.53 bits per heavy atom. The summed E-state index contributed by atoms with van der Waals surface area (Å²) >= 11 is 3.36. The van der Waals surface area contributed by atoms with E-state index in [1.165, 1.54) is 12.8 Å². The van der Waals surface area contributed by atoms with E-state index in [1.807, 2.05) is 12.1 Å². The Hall–Kier alpha value is -1.07. The molecule has 1 saturated heterocycles. The van der Waals surface area contributed by atoms with Gasteiger partial charge >= 0.3 is 0 Å². The van der Waals surface area contributed by atoms with E-state index in [0.29, 0.717) is 11.6 Å². The molecule has 4 N–H and O–H groups in total. The fraction of sp³-hybridized carbons (Fsp3) is 0.417. The lowest BCUT2D eigenvalue weighted by atomic mass is 10.1. The van der Waals surface area contributed by atoms with Crippen LogP contribution in [0.2, 0.25) is 0 Å². The van der Waals surface area contributed by atoms with Crippen LogP contribution in [0.3, 0.4) is 0 Å². The van der Waals surface area contributed by atoms with E-state index in [-0.39, 0.29) is 0 Å². The van der Waals surface area contributed by atoms with Gasteiger partial charge in [0.2, 0.25) is 5.91 Å². The zero-order chi connectivity index (χ0) is 12.3. The van der Waals surface area contributed by atoms with Gasteiger partial charge in [-0.15, -0.1) is 0 Å². The predicted molar refractivity (Wildman–Crippen MR) is 72.2 cm³/mol. The molecule has 1 aromatic rings. The number of piperidine rings is 1. The van der Waals surface area contributed by atoms with Gasteiger partial charge in [0.1, 0.15) is 0 Å². The molecule has 0 aromatic heterocycles. The number of carbonyl (C=O) groups is 1. The summed E-state index contributed by atoms with van der Waals surface area (Å²) in [5.74, 6) is -0.414. The van der Waals surface area contributed by atoms with Crippen molar-refractivity contribution in [3.05, 3.63) is 28.2 Å². The van der Waals surface area contributed by atoms with Gasteiger partial charge in [-0.25, -0.2) is 0 Å². The van der Waals surface area contributed by atoms with Crippen LogP contribution in [0, 0.1) is 0 Å². The van der Waals surface area contributed by atoms with Crippen molar-refractivity contribution in [1.29, 1.82) is 0 Å². The van der Waals surface area contributed by atoms with Crippen LogP contribution < -0.4 is 16.4 Å². The molecule has 1 aliphatic rings. The molecule has 1 heterocycles. The molecule has 0 bridgehead atoms. The minimum absolute atomic E-state index is 0.414. The van der Waals surface area contributed by atoms with Crippen molar-refractivity contribution in [3.8, 4) is 0 Å². The van der Waals surface area contributed by atoms with Gasteiger partial charge in [-0.3, -0.25) is 4.79 Å². The zero-order valence-corrected chi connectivity index (χ0v) is 11.1. The molecule has 1 amide bonds. The Bertz CT molecular complexity index is 416. The van der Waals surface area contributed by atoms with Crippen LogP contribution in [-0.4, -0.2) is 25.0 Å². The highest BCUT2D eigenvalue weighted by Crippen LogP contribution is 2.22. The molecule has 0 radical (unpaired) electrons. The lowest BCUT2D eigenvalue weighted by Crippen LogP contribution is -2.38. The van der Waals surface area contributed by atoms with E-state index in [0.717, 1.165) is 23.2 Å². The van der Waals surface area contributed by atoms with Crippen LogP contribution in [0.4, 0.5) is 5.69 Å². The van der Waals surface area contributed by atoms with Gasteiger partial charge in [-0.1, -0.05) is 0 Å². The van der Waals surface area contributed by atoms with Crippen molar-refractivity contribution < 1.29 is 4.79 Å². The molecule has 1 aliphatic heterocycles. The molecule has 1 aromatic carbocycles. The average molecular weight is 298 g/mol. The largest absolute Gasteiger partial charge is 0.381 e. The Morgan fingerprint density at radius 2 is 2.35 bits per heavy atom. The van der Waals surface area contributed by atoms with E-state index in [1.54, 1.807) is 6.07 Å². The van der Waals surface area contributed by atoms with Gasteiger partial charge in [0.25, 0.3) is 0 Å². The van der Waals surface area contributed by atoms with Crippen LogP contribution in [-0.2, 0) is 0 Å². The number of benzene rings is 1. The zero-order valence-electron chi connectivity index (χ0n) is 9.50. The number of amides is 1.